The number of rotatable bonds is 6. The molecule has 4 rings (SSSR count). The normalized spacial score (nSPS) is 12.8. The lowest BCUT2D eigenvalue weighted by Crippen LogP contribution is -2.34. The summed E-state index contributed by atoms with van der Waals surface area (Å²) < 4.78 is 0. The van der Waals surface area contributed by atoms with E-state index in [9.17, 15) is 24.3 Å². The number of carbonyl (C=O) groups excluding carboxylic acids is 3. The van der Waals surface area contributed by atoms with Gasteiger partial charge in [0.2, 0.25) is 5.91 Å². The topological polar surface area (TPSA) is 221 Å². The number of halogens is 1. The van der Waals surface area contributed by atoms with E-state index in [1.807, 2.05) is 4.90 Å². The van der Waals surface area contributed by atoms with Crippen LogP contribution in [0.15, 0.2) is 48.9 Å². The second-order valence-electron chi connectivity index (χ2n) is 8.44. The van der Waals surface area contributed by atoms with Gasteiger partial charge in [0, 0.05) is 39.3 Å². The van der Waals surface area contributed by atoms with Crippen LogP contribution in [0.3, 0.4) is 0 Å². The van der Waals surface area contributed by atoms with Crippen LogP contribution in [-0.4, -0.2) is 85.8 Å². The standard InChI is InChI=1S/C25H24ClN7O5.2H2O/c1-15(34)32-7-2-8-33(10-9-32)22-14-27-20(13-29-22)24(36)30-19-11-16(25(37)38)3-5-18(19)23(35)31-21-6-4-17(26)12-28-21;;/h3-6,11-14H,2,7-10H2,1H3,(H,30,36)(H,37,38)(H,28,31,35);2*1H2. The summed E-state index contributed by atoms with van der Waals surface area (Å²) in [6, 6.07) is 6.79. The lowest BCUT2D eigenvalue weighted by molar-refractivity contribution is -0.128. The fourth-order valence-electron chi connectivity index (χ4n) is 3.86. The van der Waals surface area contributed by atoms with E-state index < -0.39 is 17.8 Å². The Labute approximate surface area is 233 Å². The van der Waals surface area contributed by atoms with Crippen molar-refractivity contribution >= 4 is 52.6 Å². The summed E-state index contributed by atoms with van der Waals surface area (Å²) in [4.78, 5) is 65.3. The fraction of sp³-hybridized carbons (Fsp3) is 0.240. The smallest absolute Gasteiger partial charge is 0.335 e. The van der Waals surface area contributed by atoms with Gasteiger partial charge in [-0.05, 0) is 36.8 Å². The Hall–Kier alpha value is -4.66. The van der Waals surface area contributed by atoms with Crippen molar-refractivity contribution in [3.63, 3.8) is 0 Å². The summed E-state index contributed by atoms with van der Waals surface area (Å²) in [6.07, 6.45) is 4.91. The molecule has 0 radical (unpaired) electrons. The third-order valence-corrected chi connectivity index (χ3v) is 6.09. The van der Waals surface area contributed by atoms with E-state index in [4.69, 9.17) is 11.6 Å². The SMILES string of the molecule is CC(=O)N1CCCN(c2cnc(C(=O)Nc3cc(C(=O)O)ccc3C(=O)Nc3ccc(Cl)cn3)cn2)CC1.O.O. The van der Waals surface area contributed by atoms with Crippen LogP contribution >= 0.6 is 11.6 Å². The Morgan fingerprint density at radius 3 is 2.27 bits per heavy atom. The van der Waals surface area contributed by atoms with Crippen molar-refractivity contribution in [2.24, 2.45) is 0 Å². The van der Waals surface area contributed by atoms with Crippen LogP contribution in [-0.2, 0) is 4.79 Å². The number of carboxylic acid groups (broad SMARTS) is 1. The summed E-state index contributed by atoms with van der Waals surface area (Å²) >= 11 is 5.83. The van der Waals surface area contributed by atoms with Gasteiger partial charge in [-0.15, -0.1) is 0 Å². The number of nitrogens with one attached hydrogen (secondary N) is 2. The van der Waals surface area contributed by atoms with Gasteiger partial charge in [0.15, 0.2) is 0 Å². The van der Waals surface area contributed by atoms with Gasteiger partial charge in [-0.25, -0.2) is 19.7 Å². The molecule has 0 atom stereocenters. The highest BCUT2D eigenvalue weighted by atomic mass is 35.5. The van der Waals surface area contributed by atoms with Crippen molar-refractivity contribution < 1.29 is 35.2 Å². The first kappa shape index (κ1) is 31.6. The highest BCUT2D eigenvalue weighted by Gasteiger charge is 2.20. The molecule has 1 aromatic carbocycles. The Balaban J connectivity index is 0.00000280. The largest absolute Gasteiger partial charge is 0.478 e. The second kappa shape index (κ2) is 13.9. The molecule has 0 unspecified atom stereocenters. The minimum absolute atomic E-state index is 0. The van der Waals surface area contributed by atoms with Crippen molar-refractivity contribution in [3.8, 4) is 0 Å². The Kier molecular flexibility index (Phi) is 11.0. The van der Waals surface area contributed by atoms with Crippen molar-refractivity contribution in [1.29, 1.82) is 0 Å². The van der Waals surface area contributed by atoms with E-state index >= 15 is 0 Å². The summed E-state index contributed by atoms with van der Waals surface area (Å²) in [5, 5.41) is 14.9. The van der Waals surface area contributed by atoms with E-state index in [1.54, 1.807) is 17.9 Å². The number of hydrogen-bond acceptors (Lipinski definition) is 8. The van der Waals surface area contributed by atoms with Crippen LogP contribution in [0.4, 0.5) is 17.3 Å². The van der Waals surface area contributed by atoms with Crippen molar-refractivity contribution in [2.75, 3.05) is 41.7 Å². The van der Waals surface area contributed by atoms with Gasteiger partial charge in [0.05, 0.1) is 34.2 Å². The van der Waals surface area contributed by atoms with Crippen LogP contribution in [0.1, 0.15) is 44.5 Å². The van der Waals surface area contributed by atoms with Crippen molar-refractivity contribution in [1.82, 2.24) is 19.9 Å². The fourth-order valence-corrected chi connectivity index (χ4v) is 3.97. The van der Waals surface area contributed by atoms with Gasteiger partial charge in [-0.2, -0.15) is 0 Å². The van der Waals surface area contributed by atoms with Gasteiger partial charge < -0.3 is 36.5 Å². The lowest BCUT2D eigenvalue weighted by Gasteiger charge is -2.22. The molecule has 2 aromatic heterocycles. The summed E-state index contributed by atoms with van der Waals surface area (Å²) in [5.41, 5.74) is -0.155. The minimum atomic E-state index is -1.23. The highest BCUT2D eigenvalue weighted by molar-refractivity contribution is 6.30. The first-order valence-electron chi connectivity index (χ1n) is 11.7. The highest BCUT2D eigenvalue weighted by Crippen LogP contribution is 2.21. The van der Waals surface area contributed by atoms with Crippen LogP contribution in [0.2, 0.25) is 5.02 Å². The Morgan fingerprint density at radius 1 is 0.875 bits per heavy atom. The van der Waals surface area contributed by atoms with Crippen LogP contribution in [0.5, 0.6) is 0 Å². The van der Waals surface area contributed by atoms with E-state index in [2.05, 4.69) is 25.6 Å². The van der Waals surface area contributed by atoms with Crippen molar-refractivity contribution in [3.05, 3.63) is 70.8 Å². The number of aromatic carboxylic acids is 1. The maximum absolute atomic E-state index is 12.9. The first-order chi connectivity index (χ1) is 18.2. The van der Waals surface area contributed by atoms with Gasteiger partial charge in [-0.1, -0.05) is 11.6 Å². The molecule has 3 amide bonds. The third-order valence-electron chi connectivity index (χ3n) is 5.86. The summed E-state index contributed by atoms with van der Waals surface area (Å²) in [5.74, 6) is -1.71. The number of nitrogens with zero attached hydrogens (tertiary/aromatic N) is 5. The Morgan fingerprint density at radius 2 is 1.65 bits per heavy atom. The van der Waals surface area contributed by atoms with Crippen LogP contribution in [0.25, 0.3) is 0 Å². The first-order valence-corrected chi connectivity index (χ1v) is 12.0. The molecule has 0 aliphatic carbocycles. The minimum Gasteiger partial charge on any atom is -0.478 e. The van der Waals surface area contributed by atoms with E-state index in [0.29, 0.717) is 37.0 Å². The number of carbonyl (C=O) groups is 4. The molecule has 1 aliphatic heterocycles. The van der Waals surface area contributed by atoms with Crippen LogP contribution < -0.4 is 15.5 Å². The maximum Gasteiger partial charge on any atom is 0.335 e. The van der Waals surface area contributed by atoms with E-state index in [-0.39, 0.29) is 45.2 Å². The molecule has 1 aliphatic rings. The molecule has 0 saturated carbocycles. The Bertz CT molecular complexity index is 1370. The average molecular weight is 574 g/mol. The third kappa shape index (κ3) is 7.69. The van der Waals surface area contributed by atoms with Gasteiger partial charge >= 0.3 is 5.97 Å². The molecule has 3 heterocycles. The number of anilines is 3. The zero-order valence-electron chi connectivity index (χ0n) is 21.3. The van der Waals surface area contributed by atoms with E-state index in [0.717, 1.165) is 6.42 Å². The number of carboxylic acids is 1. The molecule has 15 heteroatoms. The zero-order chi connectivity index (χ0) is 27.2. The number of benzene rings is 1. The molecular weight excluding hydrogens is 546 g/mol. The van der Waals surface area contributed by atoms with Gasteiger partial charge in [0.25, 0.3) is 11.8 Å². The monoisotopic (exact) mass is 573 g/mol. The quantitative estimate of drug-likeness (QED) is 0.384. The number of aromatic nitrogens is 3. The average Bonchev–Trinajstić information content (AvgIpc) is 3.16. The number of pyridine rings is 1. The van der Waals surface area contributed by atoms with Gasteiger partial charge in [-0.3, -0.25) is 14.4 Å². The van der Waals surface area contributed by atoms with Crippen molar-refractivity contribution in [2.45, 2.75) is 13.3 Å². The molecular formula is C25H28ClN7O7. The molecule has 212 valence electrons. The maximum atomic E-state index is 12.9. The van der Waals surface area contributed by atoms with E-state index in [1.165, 1.54) is 42.9 Å². The van der Waals surface area contributed by atoms with Crippen LogP contribution in [0, 0.1) is 0 Å². The molecule has 0 bridgehead atoms. The molecule has 1 fully saturated rings. The molecule has 1 saturated heterocycles. The number of amides is 3. The predicted molar refractivity (Wildman–Crippen MR) is 147 cm³/mol. The molecule has 0 spiro atoms. The summed E-state index contributed by atoms with van der Waals surface area (Å²) in [6.45, 7) is 4.04. The van der Waals surface area contributed by atoms with Gasteiger partial charge in [0.1, 0.15) is 17.3 Å². The number of hydrogen-bond donors (Lipinski definition) is 3. The molecule has 14 nitrogen and oxygen atoms in total. The predicted octanol–water partition coefficient (Wildman–Crippen LogP) is 1.14. The zero-order valence-corrected chi connectivity index (χ0v) is 22.1. The molecule has 3 aromatic rings. The molecule has 7 N–H and O–H groups in total. The second-order valence-corrected chi connectivity index (χ2v) is 8.88. The molecule has 40 heavy (non-hydrogen) atoms. The summed E-state index contributed by atoms with van der Waals surface area (Å²) in [7, 11) is 0. The lowest BCUT2D eigenvalue weighted by atomic mass is 10.1.